The third-order valence-electron chi connectivity index (χ3n) is 3.83. The van der Waals surface area contributed by atoms with Gasteiger partial charge in [-0.1, -0.05) is 32.6 Å². The van der Waals surface area contributed by atoms with Crippen LogP contribution in [0.25, 0.3) is 0 Å². The van der Waals surface area contributed by atoms with Gasteiger partial charge in [-0.3, -0.25) is 4.99 Å². The molecule has 2 aliphatic rings. The van der Waals surface area contributed by atoms with Gasteiger partial charge in [-0.15, -0.1) is 0 Å². The van der Waals surface area contributed by atoms with Gasteiger partial charge in [0.05, 0.1) is 18.7 Å². The SMILES string of the molecule is CC1C(F)=CCC2C1N=CN2OC(=O)OCC[Si](C)(C)C. The fourth-order valence-corrected chi connectivity index (χ4v) is 3.12. The number of hydrogen-bond donors (Lipinski definition) is 0. The number of hydroxylamine groups is 2. The fourth-order valence-electron chi connectivity index (χ4n) is 2.41. The van der Waals surface area contributed by atoms with Gasteiger partial charge in [-0.2, -0.15) is 5.06 Å². The highest BCUT2D eigenvalue weighted by Gasteiger charge is 2.40. The maximum atomic E-state index is 13.5. The molecule has 0 saturated heterocycles. The Hall–Kier alpha value is -1.37. The average molecular weight is 314 g/mol. The van der Waals surface area contributed by atoms with Gasteiger partial charge in [0.25, 0.3) is 0 Å². The molecule has 0 fully saturated rings. The van der Waals surface area contributed by atoms with E-state index in [4.69, 9.17) is 9.57 Å². The fraction of sp³-hybridized carbons (Fsp3) is 0.714. The van der Waals surface area contributed by atoms with E-state index in [1.54, 1.807) is 6.92 Å². The molecule has 1 aliphatic carbocycles. The molecule has 2 rings (SSSR count). The largest absolute Gasteiger partial charge is 0.533 e. The lowest BCUT2D eigenvalue weighted by Gasteiger charge is -2.30. The number of carbonyl (C=O) groups is 1. The van der Waals surface area contributed by atoms with Gasteiger partial charge < -0.3 is 9.57 Å². The molecule has 21 heavy (non-hydrogen) atoms. The number of aliphatic imine (C=N–C) groups is 1. The van der Waals surface area contributed by atoms with Gasteiger partial charge in [0, 0.05) is 14.0 Å². The van der Waals surface area contributed by atoms with Crippen molar-refractivity contribution < 1.29 is 18.8 Å². The van der Waals surface area contributed by atoms with E-state index in [0.717, 1.165) is 6.04 Å². The molecule has 0 spiro atoms. The Morgan fingerprint density at radius 2 is 2.24 bits per heavy atom. The van der Waals surface area contributed by atoms with Gasteiger partial charge in [0.15, 0.2) is 0 Å². The van der Waals surface area contributed by atoms with Crippen LogP contribution >= 0.6 is 0 Å². The van der Waals surface area contributed by atoms with Gasteiger partial charge in [-0.05, 0) is 12.5 Å². The molecule has 0 radical (unpaired) electrons. The minimum Gasteiger partial charge on any atom is -0.433 e. The van der Waals surface area contributed by atoms with Crippen molar-refractivity contribution in [3.05, 3.63) is 11.9 Å². The van der Waals surface area contributed by atoms with Gasteiger partial charge in [0.2, 0.25) is 0 Å². The van der Waals surface area contributed by atoms with Crippen LogP contribution in [0.3, 0.4) is 0 Å². The molecule has 3 atom stereocenters. The first-order valence-electron chi connectivity index (χ1n) is 7.30. The lowest BCUT2D eigenvalue weighted by atomic mass is 9.88. The number of hydrogen-bond acceptors (Lipinski definition) is 5. The van der Waals surface area contributed by atoms with E-state index in [9.17, 15) is 9.18 Å². The number of halogens is 1. The predicted molar refractivity (Wildman–Crippen MR) is 81.5 cm³/mol. The summed E-state index contributed by atoms with van der Waals surface area (Å²) in [5.74, 6) is -0.426. The summed E-state index contributed by atoms with van der Waals surface area (Å²) in [6.45, 7) is 8.80. The maximum Gasteiger partial charge on any atom is 0.533 e. The average Bonchev–Trinajstić information content (AvgIpc) is 2.76. The first-order chi connectivity index (χ1) is 9.78. The standard InChI is InChI=1S/C14H23FN2O3Si/c1-10-11(15)5-6-12-13(10)16-9-17(12)20-14(18)19-7-8-21(2,3)4/h5,9-10,12-13H,6-8H2,1-4H3. The van der Waals surface area contributed by atoms with E-state index in [1.165, 1.54) is 17.5 Å². The lowest BCUT2D eigenvalue weighted by Crippen LogP contribution is -2.42. The van der Waals surface area contributed by atoms with Gasteiger partial charge in [-0.25, -0.2) is 9.18 Å². The normalized spacial score (nSPS) is 28.1. The third kappa shape index (κ3) is 4.06. The van der Waals surface area contributed by atoms with Crippen LogP contribution in [0.5, 0.6) is 0 Å². The second-order valence-corrected chi connectivity index (χ2v) is 12.4. The Bertz CT molecular complexity index is 462. The predicted octanol–water partition coefficient (Wildman–Crippen LogP) is 3.37. The van der Waals surface area contributed by atoms with E-state index < -0.39 is 14.2 Å². The molecule has 5 nitrogen and oxygen atoms in total. The number of carbonyl (C=O) groups excluding carboxylic acids is 1. The first kappa shape index (κ1) is 16.0. The summed E-state index contributed by atoms with van der Waals surface area (Å²) in [6, 6.07) is 0.557. The van der Waals surface area contributed by atoms with Gasteiger partial charge >= 0.3 is 6.16 Å². The van der Waals surface area contributed by atoms with Crippen LogP contribution in [0, 0.1) is 5.92 Å². The molecule has 3 unspecified atom stereocenters. The summed E-state index contributed by atoms with van der Waals surface area (Å²) in [5, 5.41) is 1.39. The molecule has 7 heteroatoms. The summed E-state index contributed by atoms with van der Waals surface area (Å²) in [5.41, 5.74) is 0. The van der Waals surface area contributed by atoms with E-state index >= 15 is 0 Å². The van der Waals surface area contributed by atoms with E-state index in [-0.39, 0.29) is 23.8 Å². The number of rotatable bonds is 4. The van der Waals surface area contributed by atoms with Crippen molar-refractivity contribution >= 4 is 20.6 Å². The minimum atomic E-state index is -1.24. The Morgan fingerprint density at radius 1 is 1.52 bits per heavy atom. The molecular formula is C14H23FN2O3Si. The Morgan fingerprint density at radius 3 is 2.90 bits per heavy atom. The van der Waals surface area contributed by atoms with Crippen molar-refractivity contribution in [3.63, 3.8) is 0 Å². The second kappa shape index (κ2) is 6.17. The maximum absolute atomic E-state index is 13.5. The summed E-state index contributed by atoms with van der Waals surface area (Å²) in [4.78, 5) is 21.1. The smallest absolute Gasteiger partial charge is 0.433 e. The molecule has 0 bridgehead atoms. The van der Waals surface area contributed by atoms with Gasteiger partial charge in [0.1, 0.15) is 12.2 Å². The number of ether oxygens (including phenoxy) is 1. The van der Waals surface area contributed by atoms with E-state index in [2.05, 4.69) is 24.6 Å². The molecule has 1 heterocycles. The molecule has 0 aromatic carbocycles. The number of nitrogens with zero attached hydrogens (tertiary/aromatic N) is 2. The zero-order valence-electron chi connectivity index (χ0n) is 13.0. The highest BCUT2D eigenvalue weighted by Crippen LogP contribution is 2.33. The van der Waals surface area contributed by atoms with Crippen LogP contribution in [0.1, 0.15) is 13.3 Å². The van der Waals surface area contributed by atoms with Crippen LogP contribution in [0.4, 0.5) is 9.18 Å². The Balaban J connectivity index is 1.82. The summed E-state index contributed by atoms with van der Waals surface area (Å²) < 4.78 is 18.6. The van der Waals surface area contributed by atoms with Crippen LogP contribution in [0.15, 0.2) is 16.9 Å². The zero-order chi connectivity index (χ0) is 15.6. The van der Waals surface area contributed by atoms with Crippen LogP contribution < -0.4 is 0 Å². The Kier molecular flexibility index (Phi) is 4.70. The molecule has 0 aromatic rings. The molecular weight excluding hydrogens is 291 g/mol. The minimum absolute atomic E-state index is 0.135. The third-order valence-corrected chi connectivity index (χ3v) is 5.53. The molecule has 0 aromatic heterocycles. The molecule has 0 N–H and O–H groups in total. The van der Waals surface area contributed by atoms with Crippen molar-refractivity contribution in [2.45, 2.75) is 51.1 Å². The monoisotopic (exact) mass is 314 g/mol. The van der Waals surface area contributed by atoms with Crippen molar-refractivity contribution in [2.75, 3.05) is 6.61 Å². The van der Waals surface area contributed by atoms with Crippen molar-refractivity contribution in [3.8, 4) is 0 Å². The molecule has 0 amide bonds. The highest BCUT2D eigenvalue weighted by molar-refractivity contribution is 6.76. The van der Waals surface area contributed by atoms with Crippen LogP contribution in [-0.2, 0) is 9.57 Å². The Labute approximate surface area is 125 Å². The van der Waals surface area contributed by atoms with Crippen LogP contribution in [-0.4, -0.2) is 44.3 Å². The molecule has 0 saturated carbocycles. The van der Waals surface area contributed by atoms with Crippen molar-refractivity contribution in [2.24, 2.45) is 10.9 Å². The first-order valence-corrected chi connectivity index (χ1v) is 11.0. The van der Waals surface area contributed by atoms with Crippen molar-refractivity contribution in [1.82, 2.24) is 5.06 Å². The highest BCUT2D eigenvalue weighted by atomic mass is 28.3. The van der Waals surface area contributed by atoms with Crippen molar-refractivity contribution in [1.29, 1.82) is 0 Å². The summed E-state index contributed by atoms with van der Waals surface area (Å²) in [7, 11) is -1.24. The summed E-state index contributed by atoms with van der Waals surface area (Å²) in [6.07, 6.45) is 2.75. The van der Waals surface area contributed by atoms with E-state index in [0.29, 0.717) is 13.0 Å². The lowest BCUT2D eigenvalue weighted by molar-refractivity contribution is -0.0948. The van der Waals surface area contributed by atoms with Crippen LogP contribution in [0.2, 0.25) is 25.7 Å². The second-order valence-electron chi connectivity index (χ2n) is 6.80. The number of fused-ring (bicyclic) bond motifs is 1. The molecule has 118 valence electrons. The topological polar surface area (TPSA) is 51.1 Å². The molecule has 1 aliphatic heterocycles. The van der Waals surface area contributed by atoms with E-state index in [1.807, 2.05) is 0 Å². The quantitative estimate of drug-likeness (QED) is 0.590. The summed E-state index contributed by atoms with van der Waals surface area (Å²) >= 11 is 0. The zero-order valence-corrected chi connectivity index (χ0v) is 14.0.